The minimum Gasteiger partial charge on any atom is -0.420 e. The van der Waals surface area contributed by atoms with Crippen LogP contribution in [0.2, 0.25) is 0 Å². The maximum atomic E-state index is 12.6. The number of hydrogen-bond donors (Lipinski definition) is 1. The monoisotopic (exact) mass is 353 g/mol. The second kappa shape index (κ2) is 6.44. The van der Waals surface area contributed by atoms with E-state index in [-0.39, 0.29) is 11.8 Å². The van der Waals surface area contributed by atoms with Crippen molar-refractivity contribution in [2.75, 3.05) is 5.32 Å². The molecule has 1 atom stereocenters. The number of aromatic nitrogens is 2. The number of rotatable bonds is 5. The lowest BCUT2D eigenvalue weighted by atomic mass is 10.0. The average molecular weight is 353 g/mol. The Bertz CT molecular complexity index is 897. The number of carbonyl (C=O) groups is 1. The van der Waals surface area contributed by atoms with Crippen LogP contribution in [0.4, 0.5) is 5.69 Å². The maximum Gasteiger partial charge on any atom is 0.257 e. The number of benzene rings is 1. The minimum absolute atomic E-state index is 0.0251. The van der Waals surface area contributed by atoms with E-state index in [0.717, 1.165) is 39.7 Å². The molecule has 2 aromatic heterocycles. The zero-order valence-electron chi connectivity index (χ0n) is 14.2. The minimum atomic E-state index is -0.214. The highest BCUT2D eigenvalue weighted by Gasteiger charge is 2.30. The number of nitrogens with one attached hydrogen (secondary N) is 1. The third-order valence-electron chi connectivity index (χ3n) is 4.45. The molecule has 3 aromatic rings. The number of amides is 1. The normalized spacial score (nSPS) is 15.1. The molecule has 5 nitrogen and oxygen atoms in total. The Morgan fingerprint density at radius 2 is 2.04 bits per heavy atom. The topological polar surface area (TPSA) is 68.0 Å². The Morgan fingerprint density at radius 3 is 2.76 bits per heavy atom. The van der Waals surface area contributed by atoms with Gasteiger partial charge in [-0.1, -0.05) is 30.3 Å². The first-order valence-corrected chi connectivity index (χ1v) is 9.23. The van der Waals surface area contributed by atoms with Gasteiger partial charge in [-0.25, -0.2) is 0 Å². The molecule has 0 spiro atoms. The lowest BCUT2D eigenvalue weighted by molar-refractivity contribution is -0.117. The van der Waals surface area contributed by atoms with Crippen molar-refractivity contribution in [2.45, 2.75) is 38.5 Å². The van der Waals surface area contributed by atoms with E-state index in [9.17, 15) is 4.79 Å². The van der Waals surface area contributed by atoms with Crippen molar-refractivity contribution in [1.82, 2.24) is 10.2 Å². The van der Waals surface area contributed by atoms with Crippen LogP contribution in [-0.2, 0) is 4.79 Å². The third-order valence-corrected chi connectivity index (χ3v) is 5.48. The number of anilines is 1. The molecule has 1 aromatic carbocycles. The molecular formula is C19H19N3O2S. The summed E-state index contributed by atoms with van der Waals surface area (Å²) in [4.78, 5) is 14.5. The molecule has 0 saturated heterocycles. The van der Waals surface area contributed by atoms with E-state index >= 15 is 0 Å². The second-order valence-electron chi connectivity index (χ2n) is 6.42. The van der Waals surface area contributed by atoms with Crippen LogP contribution in [0.1, 0.15) is 47.9 Å². The van der Waals surface area contributed by atoms with Crippen LogP contribution >= 0.6 is 11.3 Å². The smallest absolute Gasteiger partial charge is 0.257 e. The molecule has 128 valence electrons. The summed E-state index contributed by atoms with van der Waals surface area (Å²) in [6.45, 7) is 3.89. The van der Waals surface area contributed by atoms with Crippen molar-refractivity contribution in [2.24, 2.45) is 0 Å². The van der Waals surface area contributed by atoms with Crippen LogP contribution in [0.5, 0.6) is 0 Å². The number of hydrogen-bond acceptors (Lipinski definition) is 5. The predicted molar refractivity (Wildman–Crippen MR) is 97.8 cm³/mol. The lowest BCUT2D eigenvalue weighted by Gasteiger charge is -2.12. The van der Waals surface area contributed by atoms with Gasteiger partial charge in [0.15, 0.2) is 0 Å². The highest BCUT2D eigenvalue weighted by atomic mass is 32.1. The van der Waals surface area contributed by atoms with Crippen molar-refractivity contribution in [3.63, 3.8) is 0 Å². The summed E-state index contributed by atoms with van der Waals surface area (Å²) < 4.78 is 5.76. The van der Waals surface area contributed by atoms with Crippen LogP contribution in [0.25, 0.3) is 10.8 Å². The molecule has 0 radical (unpaired) electrons. The molecule has 1 fully saturated rings. The van der Waals surface area contributed by atoms with E-state index in [1.54, 1.807) is 11.3 Å². The molecule has 4 rings (SSSR count). The van der Waals surface area contributed by atoms with Crippen LogP contribution in [0.15, 0.2) is 40.8 Å². The zero-order valence-corrected chi connectivity index (χ0v) is 15.0. The molecule has 1 N–H and O–H groups in total. The first-order chi connectivity index (χ1) is 12.1. The molecule has 1 aliphatic rings. The summed E-state index contributed by atoms with van der Waals surface area (Å²) in [5, 5.41) is 11.3. The molecule has 6 heteroatoms. The van der Waals surface area contributed by atoms with Crippen molar-refractivity contribution in [3.05, 3.63) is 52.7 Å². The van der Waals surface area contributed by atoms with Gasteiger partial charge in [0.2, 0.25) is 11.8 Å². The zero-order chi connectivity index (χ0) is 17.4. The summed E-state index contributed by atoms with van der Waals surface area (Å²) in [6, 6.07) is 11.7. The lowest BCUT2D eigenvalue weighted by Crippen LogP contribution is -2.18. The molecular weight excluding hydrogens is 334 g/mol. The fraction of sp³-hybridized carbons (Fsp3) is 0.316. The predicted octanol–water partition coefficient (Wildman–Crippen LogP) is 4.73. The van der Waals surface area contributed by atoms with Crippen molar-refractivity contribution >= 4 is 22.9 Å². The summed E-state index contributed by atoms with van der Waals surface area (Å²) in [7, 11) is 0. The average Bonchev–Trinajstić information content (AvgIpc) is 3.25. The largest absolute Gasteiger partial charge is 0.420 e. The Balaban J connectivity index is 1.50. The summed E-state index contributed by atoms with van der Waals surface area (Å²) in [5.41, 5.74) is 1.80. The van der Waals surface area contributed by atoms with E-state index in [2.05, 4.69) is 15.5 Å². The van der Waals surface area contributed by atoms with Gasteiger partial charge in [-0.15, -0.1) is 21.5 Å². The molecule has 0 bridgehead atoms. The highest BCUT2D eigenvalue weighted by molar-refractivity contribution is 7.15. The Morgan fingerprint density at radius 1 is 1.28 bits per heavy atom. The van der Waals surface area contributed by atoms with Gasteiger partial charge >= 0.3 is 0 Å². The second-order valence-corrected chi connectivity index (χ2v) is 7.68. The van der Waals surface area contributed by atoms with E-state index < -0.39 is 0 Å². The number of nitrogens with zero attached hydrogens (tertiary/aromatic N) is 2. The fourth-order valence-electron chi connectivity index (χ4n) is 2.68. The third kappa shape index (κ3) is 3.35. The van der Waals surface area contributed by atoms with E-state index in [4.69, 9.17) is 4.42 Å². The quantitative estimate of drug-likeness (QED) is 0.720. The molecule has 0 unspecified atom stereocenters. The van der Waals surface area contributed by atoms with Gasteiger partial charge in [-0.2, -0.15) is 0 Å². The van der Waals surface area contributed by atoms with E-state index in [1.165, 1.54) is 0 Å². The number of aryl methyl sites for hydroxylation is 1. The van der Waals surface area contributed by atoms with Crippen LogP contribution in [0, 0.1) is 6.92 Å². The highest BCUT2D eigenvalue weighted by Crippen LogP contribution is 2.41. The SMILES string of the molecule is Cc1sc(-c2nnc(C3CC3)o2)cc1NC(=O)[C@H](C)c1ccccc1. The Labute approximate surface area is 150 Å². The van der Waals surface area contributed by atoms with Crippen LogP contribution < -0.4 is 5.32 Å². The van der Waals surface area contributed by atoms with Crippen molar-refractivity contribution < 1.29 is 9.21 Å². The van der Waals surface area contributed by atoms with Gasteiger partial charge < -0.3 is 9.73 Å². The van der Waals surface area contributed by atoms with Crippen molar-refractivity contribution in [3.8, 4) is 10.8 Å². The molecule has 1 aliphatic carbocycles. The number of thiophene rings is 1. The first-order valence-electron chi connectivity index (χ1n) is 8.42. The van der Waals surface area contributed by atoms with Gasteiger partial charge in [0.1, 0.15) is 0 Å². The van der Waals surface area contributed by atoms with E-state index in [1.807, 2.05) is 50.2 Å². The molecule has 1 saturated carbocycles. The maximum absolute atomic E-state index is 12.6. The number of carbonyl (C=O) groups excluding carboxylic acids is 1. The van der Waals surface area contributed by atoms with Gasteiger partial charge in [0, 0.05) is 10.8 Å². The Kier molecular flexibility index (Phi) is 4.13. The van der Waals surface area contributed by atoms with Gasteiger partial charge in [0.25, 0.3) is 5.89 Å². The standard InChI is InChI=1S/C19H19N3O2S/c1-11(13-6-4-3-5-7-13)17(23)20-15-10-16(25-12(15)2)19-22-21-18(24-19)14-8-9-14/h3-7,10-11,14H,8-9H2,1-2H3,(H,20,23)/t11-/m1/s1. The van der Waals surface area contributed by atoms with Crippen LogP contribution in [0.3, 0.4) is 0 Å². The molecule has 1 amide bonds. The Hall–Kier alpha value is -2.47. The molecule has 0 aliphatic heterocycles. The van der Waals surface area contributed by atoms with E-state index in [0.29, 0.717) is 11.8 Å². The first kappa shape index (κ1) is 16.0. The molecule has 2 heterocycles. The summed E-state index contributed by atoms with van der Waals surface area (Å²) in [5.74, 6) is 1.46. The molecule has 25 heavy (non-hydrogen) atoms. The van der Waals surface area contributed by atoms with Gasteiger partial charge in [-0.05, 0) is 38.3 Å². The van der Waals surface area contributed by atoms with Crippen molar-refractivity contribution in [1.29, 1.82) is 0 Å². The summed E-state index contributed by atoms with van der Waals surface area (Å²) in [6.07, 6.45) is 2.26. The van der Waals surface area contributed by atoms with Gasteiger partial charge in [-0.3, -0.25) is 4.79 Å². The summed E-state index contributed by atoms with van der Waals surface area (Å²) >= 11 is 1.55. The van der Waals surface area contributed by atoms with Gasteiger partial charge in [0.05, 0.1) is 16.5 Å². The van der Waals surface area contributed by atoms with Crippen LogP contribution in [-0.4, -0.2) is 16.1 Å². The fourth-order valence-corrected chi connectivity index (χ4v) is 3.57.